The number of carbonyl (C=O) groups excluding carboxylic acids is 1. The van der Waals surface area contributed by atoms with Gasteiger partial charge in [-0.05, 0) is 39.9 Å². The Bertz CT molecular complexity index is 416. The Morgan fingerprint density at radius 2 is 2.25 bits per heavy atom. The molecule has 20 heavy (non-hydrogen) atoms. The van der Waals surface area contributed by atoms with Crippen molar-refractivity contribution in [3.05, 3.63) is 11.6 Å². The molecule has 1 aliphatic carbocycles. The first-order valence-corrected chi connectivity index (χ1v) is 8.75. The number of rotatable bonds is 5. The van der Waals surface area contributed by atoms with E-state index < -0.39 is 5.60 Å². The van der Waals surface area contributed by atoms with Crippen LogP contribution >= 0.6 is 11.8 Å². The van der Waals surface area contributed by atoms with Crippen LogP contribution in [-0.2, 0) is 9.53 Å². The van der Waals surface area contributed by atoms with E-state index in [4.69, 9.17) is 4.74 Å². The van der Waals surface area contributed by atoms with Crippen molar-refractivity contribution < 1.29 is 14.6 Å². The molecule has 2 aliphatic rings. The van der Waals surface area contributed by atoms with Gasteiger partial charge < -0.3 is 9.84 Å². The SMILES string of the molecule is CSC[C@@]1(O)CCC(=O)C[C@@H]1[C@]1(C)O[C@@H]1CC=C(C)C. The lowest BCUT2D eigenvalue weighted by atomic mass is 9.68. The minimum absolute atomic E-state index is 0.0701. The molecule has 0 unspecified atom stereocenters. The van der Waals surface area contributed by atoms with Gasteiger partial charge in [-0.3, -0.25) is 4.79 Å². The summed E-state index contributed by atoms with van der Waals surface area (Å²) in [5.41, 5.74) is 0.177. The van der Waals surface area contributed by atoms with Gasteiger partial charge in [0.25, 0.3) is 0 Å². The summed E-state index contributed by atoms with van der Waals surface area (Å²) in [6.45, 7) is 6.22. The summed E-state index contributed by atoms with van der Waals surface area (Å²) < 4.78 is 5.92. The summed E-state index contributed by atoms with van der Waals surface area (Å²) >= 11 is 1.65. The van der Waals surface area contributed by atoms with Crippen molar-refractivity contribution in [3.63, 3.8) is 0 Å². The van der Waals surface area contributed by atoms with Gasteiger partial charge in [0.1, 0.15) is 5.78 Å². The number of ketones is 1. The van der Waals surface area contributed by atoms with Crippen LogP contribution in [0.15, 0.2) is 11.6 Å². The molecule has 1 N–H and O–H groups in total. The molecule has 0 radical (unpaired) electrons. The van der Waals surface area contributed by atoms with E-state index >= 15 is 0 Å². The maximum Gasteiger partial charge on any atom is 0.133 e. The lowest BCUT2D eigenvalue weighted by Gasteiger charge is -2.41. The Labute approximate surface area is 126 Å². The summed E-state index contributed by atoms with van der Waals surface area (Å²) in [5, 5.41) is 11.0. The van der Waals surface area contributed by atoms with Gasteiger partial charge >= 0.3 is 0 Å². The largest absolute Gasteiger partial charge is 0.389 e. The fourth-order valence-electron chi connectivity index (χ4n) is 3.41. The summed E-state index contributed by atoms with van der Waals surface area (Å²) in [6, 6.07) is 0. The number of hydrogen-bond acceptors (Lipinski definition) is 4. The van der Waals surface area contributed by atoms with Crippen LogP contribution in [-0.4, -0.2) is 40.2 Å². The number of aliphatic hydroxyl groups is 1. The highest BCUT2D eigenvalue weighted by molar-refractivity contribution is 7.98. The van der Waals surface area contributed by atoms with Crippen molar-refractivity contribution in [2.45, 2.75) is 63.8 Å². The Hall–Kier alpha value is -0.320. The van der Waals surface area contributed by atoms with E-state index in [1.165, 1.54) is 5.57 Å². The predicted molar refractivity (Wildman–Crippen MR) is 83.0 cm³/mol. The molecule has 1 heterocycles. The summed E-state index contributed by atoms with van der Waals surface area (Å²) in [4.78, 5) is 11.8. The van der Waals surface area contributed by atoms with Gasteiger partial charge in [0.2, 0.25) is 0 Å². The third-order valence-corrected chi connectivity index (χ3v) is 5.51. The molecule has 1 saturated heterocycles. The molecule has 2 fully saturated rings. The molecule has 2 rings (SSSR count). The first-order valence-electron chi connectivity index (χ1n) is 7.36. The van der Waals surface area contributed by atoms with Gasteiger partial charge in [-0.15, -0.1) is 0 Å². The van der Waals surface area contributed by atoms with Crippen molar-refractivity contribution in [2.24, 2.45) is 5.92 Å². The molecule has 3 nitrogen and oxygen atoms in total. The van der Waals surface area contributed by atoms with Crippen molar-refractivity contribution in [1.29, 1.82) is 0 Å². The van der Waals surface area contributed by atoms with E-state index in [1.54, 1.807) is 11.8 Å². The van der Waals surface area contributed by atoms with Gasteiger partial charge in [0.15, 0.2) is 0 Å². The molecular weight excluding hydrogens is 272 g/mol. The fraction of sp³-hybridized carbons (Fsp3) is 0.812. The van der Waals surface area contributed by atoms with E-state index in [-0.39, 0.29) is 23.4 Å². The van der Waals surface area contributed by atoms with E-state index in [9.17, 15) is 9.90 Å². The smallest absolute Gasteiger partial charge is 0.133 e. The van der Waals surface area contributed by atoms with Gasteiger partial charge in [-0.1, -0.05) is 11.6 Å². The van der Waals surface area contributed by atoms with E-state index in [2.05, 4.69) is 26.8 Å². The highest BCUT2D eigenvalue weighted by atomic mass is 32.2. The average molecular weight is 298 g/mol. The van der Waals surface area contributed by atoms with Crippen LogP contribution in [0, 0.1) is 5.92 Å². The van der Waals surface area contributed by atoms with Crippen molar-refractivity contribution in [2.75, 3.05) is 12.0 Å². The summed E-state index contributed by atoms with van der Waals surface area (Å²) in [6.07, 6.45) is 6.73. The Morgan fingerprint density at radius 1 is 1.55 bits per heavy atom. The molecular formula is C16H26O3S. The molecule has 0 amide bonds. The lowest BCUT2D eigenvalue weighted by molar-refractivity contribution is -0.132. The average Bonchev–Trinajstić information content (AvgIpc) is 3.03. The van der Waals surface area contributed by atoms with E-state index in [0.717, 1.165) is 6.42 Å². The fourth-order valence-corrected chi connectivity index (χ4v) is 4.26. The third kappa shape index (κ3) is 3.12. The molecule has 114 valence electrons. The lowest BCUT2D eigenvalue weighted by Crippen LogP contribution is -2.51. The minimum Gasteiger partial charge on any atom is -0.389 e. The molecule has 0 aromatic heterocycles. The number of carbonyl (C=O) groups is 1. The molecule has 4 heteroatoms. The molecule has 4 atom stereocenters. The zero-order valence-corrected chi connectivity index (χ0v) is 13.8. The number of Topliss-reactive ketones (excluding diaryl/α,β-unsaturated/α-hetero) is 1. The topological polar surface area (TPSA) is 49.8 Å². The number of ether oxygens (including phenoxy) is 1. The van der Waals surface area contributed by atoms with E-state index in [1.807, 2.05) is 6.26 Å². The number of allylic oxidation sites excluding steroid dienone is 1. The summed E-state index contributed by atoms with van der Waals surface area (Å²) in [7, 11) is 0. The second kappa shape index (κ2) is 5.82. The first-order chi connectivity index (χ1) is 9.32. The maximum atomic E-state index is 11.8. The van der Waals surface area contributed by atoms with Gasteiger partial charge in [-0.2, -0.15) is 11.8 Å². The monoisotopic (exact) mass is 298 g/mol. The van der Waals surface area contributed by atoms with Crippen LogP contribution < -0.4 is 0 Å². The zero-order chi connectivity index (χ0) is 15.0. The maximum absolute atomic E-state index is 11.8. The van der Waals surface area contributed by atoms with Crippen LogP contribution in [0.5, 0.6) is 0 Å². The minimum atomic E-state index is -0.762. The second-order valence-electron chi connectivity index (χ2n) is 6.64. The first kappa shape index (κ1) is 16.1. The Balaban J connectivity index is 2.12. The Kier molecular flexibility index (Phi) is 4.67. The van der Waals surface area contributed by atoms with Gasteiger partial charge in [-0.25, -0.2) is 0 Å². The molecule has 0 bridgehead atoms. The van der Waals surface area contributed by atoms with Crippen molar-refractivity contribution >= 4 is 17.5 Å². The Morgan fingerprint density at radius 3 is 2.85 bits per heavy atom. The normalized spacial score (nSPS) is 40.5. The molecule has 1 saturated carbocycles. The van der Waals surface area contributed by atoms with Crippen molar-refractivity contribution in [3.8, 4) is 0 Å². The van der Waals surface area contributed by atoms with Crippen LogP contribution in [0.4, 0.5) is 0 Å². The highest BCUT2D eigenvalue weighted by Gasteiger charge is 2.63. The number of epoxide rings is 1. The third-order valence-electron chi connectivity index (χ3n) is 4.72. The molecule has 0 aromatic carbocycles. The molecule has 1 aliphatic heterocycles. The van der Waals surface area contributed by atoms with Crippen LogP contribution in [0.2, 0.25) is 0 Å². The standard InChI is InChI=1S/C16H26O3S/c1-11(2)5-6-14-15(3,19-14)13-9-12(17)7-8-16(13,18)10-20-4/h5,13-14,18H,6-10H2,1-4H3/t13-,14-,15+,16+/m1/s1. The van der Waals surface area contributed by atoms with E-state index in [0.29, 0.717) is 25.0 Å². The predicted octanol–water partition coefficient (Wildman–Crippen LogP) is 2.96. The quantitative estimate of drug-likeness (QED) is 0.626. The number of thioether (sulfide) groups is 1. The van der Waals surface area contributed by atoms with Crippen LogP contribution in [0.3, 0.4) is 0 Å². The second-order valence-corrected chi connectivity index (χ2v) is 7.51. The molecule has 0 aromatic rings. The van der Waals surface area contributed by atoms with Gasteiger partial charge in [0.05, 0.1) is 17.3 Å². The highest BCUT2D eigenvalue weighted by Crippen LogP contribution is 2.53. The van der Waals surface area contributed by atoms with Crippen LogP contribution in [0.25, 0.3) is 0 Å². The van der Waals surface area contributed by atoms with Crippen LogP contribution in [0.1, 0.15) is 46.5 Å². The molecule has 0 spiro atoms. The summed E-state index contributed by atoms with van der Waals surface area (Å²) in [5.74, 6) is 0.872. The number of hydrogen-bond donors (Lipinski definition) is 1. The van der Waals surface area contributed by atoms with Crippen molar-refractivity contribution in [1.82, 2.24) is 0 Å². The van der Waals surface area contributed by atoms with Gasteiger partial charge in [0, 0.05) is 24.5 Å². The zero-order valence-electron chi connectivity index (χ0n) is 12.9.